The van der Waals surface area contributed by atoms with Gasteiger partial charge in [0.2, 0.25) is 5.79 Å². The number of fused-ring (bicyclic) bond motifs is 2. The van der Waals surface area contributed by atoms with Crippen LogP contribution in [0.25, 0.3) is 6.08 Å². The normalized spacial score (nSPS) is 45.3. The Morgan fingerprint density at radius 1 is 1.26 bits per heavy atom. The zero-order valence-corrected chi connectivity index (χ0v) is 20.3. The average molecular weight is 480 g/mol. The number of nitrogens with zero attached hydrogens (tertiary/aromatic N) is 1. The third-order valence-corrected chi connectivity index (χ3v) is 10.1. The van der Waals surface area contributed by atoms with Crippen molar-refractivity contribution >= 4 is 17.8 Å². The molecule has 7 nitrogen and oxygen atoms in total. The molecule has 1 aromatic heterocycles. The van der Waals surface area contributed by atoms with E-state index in [1.807, 2.05) is 0 Å². The maximum atomic E-state index is 14.0. The number of carbonyl (C=O) groups excluding carboxylic acids is 2. The fourth-order valence-corrected chi connectivity index (χ4v) is 8.93. The molecule has 7 rings (SSSR count). The van der Waals surface area contributed by atoms with Gasteiger partial charge < -0.3 is 19.7 Å². The third kappa shape index (κ3) is 2.69. The molecule has 0 unspecified atom stereocenters. The van der Waals surface area contributed by atoms with Crippen LogP contribution in [-0.4, -0.2) is 51.6 Å². The van der Waals surface area contributed by atoms with Crippen LogP contribution in [-0.2, 0) is 19.1 Å². The van der Waals surface area contributed by atoms with Crippen molar-refractivity contribution in [3.05, 3.63) is 48.3 Å². The van der Waals surface area contributed by atoms with E-state index in [4.69, 9.17) is 9.47 Å². The van der Waals surface area contributed by atoms with Crippen LogP contribution >= 0.6 is 0 Å². The summed E-state index contributed by atoms with van der Waals surface area (Å²) in [5.41, 5.74) is -1.07. The van der Waals surface area contributed by atoms with E-state index < -0.39 is 40.7 Å². The second-order valence-electron chi connectivity index (χ2n) is 11.9. The van der Waals surface area contributed by atoms with Gasteiger partial charge in [-0.15, -0.1) is 0 Å². The SMILES string of the molecule is C=C1C(=O)[C@]23[C@H](OC(=O)/C=C/c4ccncc4)[C@H]1CC[C@H]2[C@]12CCCC(C)(C)[C@H]1[C@H](O)[C@@]3(O)OC2. The van der Waals surface area contributed by atoms with Gasteiger partial charge in [0.25, 0.3) is 0 Å². The lowest BCUT2D eigenvalue weighted by atomic mass is 9.36. The van der Waals surface area contributed by atoms with Crippen molar-refractivity contribution in [3.63, 3.8) is 0 Å². The second-order valence-corrected chi connectivity index (χ2v) is 11.9. The lowest BCUT2D eigenvalue weighted by molar-refractivity contribution is -0.448. The van der Waals surface area contributed by atoms with Crippen molar-refractivity contribution in [2.75, 3.05) is 6.61 Å². The molecule has 4 bridgehead atoms. The number of ketones is 1. The Kier molecular flexibility index (Phi) is 4.84. The molecular formula is C28H33NO6. The number of rotatable bonds is 3. The van der Waals surface area contributed by atoms with Gasteiger partial charge in [-0.3, -0.25) is 9.78 Å². The summed E-state index contributed by atoms with van der Waals surface area (Å²) in [7, 11) is 0. The highest BCUT2D eigenvalue weighted by atomic mass is 16.6. The summed E-state index contributed by atoms with van der Waals surface area (Å²) in [5.74, 6) is -3.91. The van der Waals surface area contributed by atoms with Crippen LogP contribution in [0.5, 0.6) is 0 Å². The van der Waals surface area contributed by atoms with Crippen LogP contribution in [0.1, 0.15) is 51.5 Å². The van der Waals surface area contributed by atoms with E-state index in [0.717, 1.165) is 24.8 Å². The third-order valence-electron chi connectivity index (χ3n) is 10.1. The largest absolute Gasteiger partial charge is 0.457 e. The van der Waals surface area contributed by atoms with Crippen LogP contribution in [0, 0.1) is 34.0 Å². The summed E-state index contributed by atoms with van der Waals surface area (Å²) in [5, 5.41) is 23.9. The van der Waals surface area contributed by atoms with Crippen LogP contribution in [0.15, 0.2) is 42.8 Å². The zero-order valence-electron chi connectivity index (χ0n) is 20.3. The first-order valence-corrected chi connectivity index (χ1v) is 12.7. The van der Waals surface area contributed by atoms with Gasteiger partial charge in [-0.25, -0.2) is 4.79 Å². The number of ether oxygens (including phenoxy) is 2. The molecule has 186 valence electrons. The van der Waals surface area contributed by atoms with E-state index in [1.54, 1.807) is 30.6 Å². The van der Waals surface area contributed by atoms with Gasteiger partial charge in [0, 0.05) is 35.7 Å². The molecule has 0 amide bonds. The number of pyridine rings is 1. The van der Waals surface area contributed by atoms with Crippen LogP contribution < -0.4 is 0 Å². The Morgan fingerprint density at radius 2 is 2.00 bits per heavy atom. The summed E-state index contributed by atoms with van der Waals surface area (Å²) >= 11 is 0. The van der Waals surface area contributed by atoms with E-state index in [2.05, 4.69) is 25.4 Å². The standard InChI is InChI=1S/C28H33NO6/c1-16-18-6-7-19-26-12-4-11-25(2,3)21(26)23(32)28(33,34-15-26)27(19,22(16)31)24(18)35-20(30)8-5-17-9-13-29-14-10-17/h5,8-10,13-14,18-19,21,23-24,32-33H,1,4,6-7,11-12,15H2,2-3H3/b8-5+/t18-,19-,21+,23-,24+,26+,27-,28+/m0/s1. The number of aliphatic hydroxyl groups excluding tert-OH is 1. The lowest BCUT2D eigenvalue weighted by Gasteiger charge is -2.73. The minimum atomic E-state index is -2.13. The highest BCUT2D eigenvalue weighted by Gasteiger charge is 2.86. The number of hydrogen-bond acceptors (Lipinski definition) is 7. The number of aromatic nitrogens is 1. The minimum absolute atomic E-state index is 0.209. The molecule has 2 aliphatic heterocycles. The number of esters is 1. The van der Waals surface area contributed by atoms with Gasteiger partial charge in [-0.1, -0.05) is 26.8 Å². The van der Waals surface area contributed by atoms with Gasteiger partial charge in [-0.2, -0.15) is 0 Å². The first kappa shape index (κ1) is 23.1. The molecule has 2 spiro atoms. The lowest BCUT2D eigenvalue weighted by Crippen LogP contribution is -2.83. The summed E-state index contributed by atoms with van der Waals surface area (Å²) in [6.07, 6.45) is 8.11. The first-order chi connectivity index (χ1) is 16.6. The molecule has 1 aromatic rings. The molecule has 35 heavy (non-hydrogen) atoms. The monoisotopic (exact) mass is 479 g/mol. The highest BCUT2D eigenvalue weighted by molar-refractivity contribution is 6.05. The van der Waals surface area contributed by atoms with Gasteiger partial charge in [-0.05, 0) is 66.4 Å². The quantitative estimate of drug-likeness (QED) is 0.507. The van der Waals surface area contributed by atoms with Gasteiger partial charge in [0.1, 0.15) is 17.6 Å². The van der Waals surface area contributed by atoms with Crippen molar-refractivity contribution in [1.29, 1.82) is 0 Å². The maximum Gasteiger partial charge on any atom is 0.331 e. The summed E-state index contributed by atoms with van der Waals surface area (Å²) in [4.78, 5) is 31.0. The van der Waals surface area contributed by atoms with E-state index in [0.29, 0.717) is 25.0 Å². The Balaban J connectivity index is 1.44. The van der Waals surface area contributed by atoms with Crippen molar-refractivity contribution in [2.45, 2.75) is 63.9 Å². The van der Waals surface area contributed by atoms with Crippen LogP contribution in [0.3, 0.4) is 0 Å². The fourth-order valence-electron chi connectivity index (χ4n) is 8.93. The molecule has 2 N–H and O–H groups in total. The van der Waals surface area contributed by atoms with E-state index in [1.165, 1.54) is 6.08 Å². The molecule has 2 saturated heterocycles. The number of carbonyl (C=O) groups is 2. The van der Waals surface area contributed by atoms with Crippen molar-refractivity contribution < 1.29 is 29.3 Å². The van der Waals surface area contributed by atoms with Gasteiger partial charge in [0.15, 0.2) is 5.78 Å². The first-order valence-electron chi connectivity index (χ1n) is 12.7. The molecular weight excluding hydrogens is 446 g/mol. The van der Waals surface area contributed by atoms with E-state index in [9.17, 15) is 19.8 Å². The molecule has 0 radical (unpaired) electrons. The molecule has 4 aliphatic carbocycles. The van der Waals surface area contributed by atoms with Gasteiger partial charge >= 0.3 is 5.97 Å². The predicted molar refractivity (Wildman–Crippen MR) is 126 cm³/mol. The Bertz CT molecular complexity index is 1130. The summed E-state index contributed by atoms with van der Waals surface area (Å²) in [6.45, 7) is 8.65. The van der Waals surface area contributed by atoms with E-state index >= 15 is 0 Å². The molecule has 0 aromatic carbocycles. The Morgan fingerprint density at radius 3 is 2.74 bits per heavy atom. The smallest absolute Gasteiger partial charge is 0.331 e. The summed E-state index contributed by atoms with van der Waals surface area (Å²) in [6, 6.07) is 3.54. The zero-order chi connectivity index (χ0) is 24.8. The molecule has 4 saturated carbocycles. The number of Topliss-reactive ketones (excluding diaryl/α,β-unsaturated/α-hetero) is 1. The number of hydrogen-bond donors (Lipinski definition) is 2. The Labute approximate surface area is 205 Å². The predicted octanol–water partition coefficient (Wildman–Crippen LogP) is 3.06. The topological polar surface area (TPSA) is 106 Å². The van der Waals surface area contributed by atoms with Crippen molar-refractivity contribution in [1.82, 2.24) is 4.98 Å². The average Bonchev–Trinajstić information content (AvgIpc) is 2.94. The summed E-state index contributed by atoms with van der Waals surface area (Å²) < 4.78 is 12.1. The van der Waals surface area contributed by atoms with Crippen LogP contribution in [0.2, 0.25) is 0 Å². The highest BCUT2D eigenvalue weighted by Crippen LogP contribution is 2.76. The van der Waals surface area contributed by atoms with Crippen molar-refractivity contribution in [2.24, 2.45) is 34.0 Å². The fraction of sp³-hybridized carbons (Fsp3) is 0.607. The molecule has 8 atom stereocenters. The molecule has 6 aliphatic rings. The Hall–Kier alpha value is -2.35. The van der Waals surface area contributed by atoms with Gasteiger partial charge in [0.05, 0.1) is 6.61 Å². The van der Waals surface area contributed by atoms with Crippen molar-refractivity contribution in [3.8, 4) is 0 Å². The maximum absolute atomic E-state index is 14.0. The van der Waals surface area contributed by atoms with E-state index in [-0.39, 0.29) is 23.0 Å². The molecule has 7 heteroatoms. The van der Waals surface area contributed by atoms with Crippen LogP contribution in [0.4, 0.5) is 0 Å². The molecule has 6 fully saturated rings. The molecule has 3 heterocycles. The number of aliphatic hydroxyl groups is 2. The minimum Gasteiger partial charge on any atom is -0.457 e. The second kappa shape index (κ2) is 7.34.